The molecule has 5 rings (SSSR count). The summed E-state index contributed by atoms with van der Waals surface area (Å²) >= 11 is 0. The molecule has 6 heteroatoms. The van der Waals surface area contributed by atoms with Gasteiger partial charge in [-0.1, -0.05) is 30.3 Å². The molecule has 1 unspecified atom stereocenters. The number of hydrogen-bond acceptors (Lipinski definition) is 3. The zero-order valence-electron chi connectivity index (χ0n) is 15.4. The van der Waals surface area contributed by atoms with E-state index in [2.05, 4.69) is 0 Å². The van der Waals surface area contributed by atoms with Crippen molar-refractivity contribution in [3.8, 4) is 5.75 Å². The highest BCUT2D eigenvalue weighted by Gasteiger charge is 2.59. The van der Waals surface area contributed by atoms with Gasteiger partial charge in [-0.25, -0.2) is 4.39 Å². The van der Waals surface area contributed by atoms with Crippen molar-refractivity contribution in [2.75, 3.05) is 13.1 Å². The van der Waals surface area contributed by atoms with Crippen LogP contribution < -0.4 is 0 Å². The van der Waals surface area contributed by atoms with Gasteiger partial charge in [-0.05, 0) is 42.5 Å². The van der Waals surface area contributed by atoms with Gasteiger partial charge in [0, 0.05) is 35.3 Å². The van der Waals surface area contributed by atoms with Crippen LogP contribution in [-0.2, 0) is 5.66 Å². The average molecular weight is 388 g/mol. The molecule has 1 N–H and O–H groups in total. The van der Waals surface area contributed by atoms with Crippen molar-refractivity contribution in [1.82, 2.24) is 9.80 Å². The van der Waals surface area contributed by atoms with Crippen molar-refractivity contribution in [2.45, 2.75) is 5.66 Å². The van der Waals surface area contributed by atoms with Crippen molar-refractivity contribution in [1.29, 1.82) is 0 Å². The summed E-state index contributed by atoms with van der Waals surface area (Å²) < 4.78 is 13.4. The molecule has 1 fully saturated rings. The van der Waals surface area contributed by atoms with Crippen LogP contribution in [0.25, 0.3) is 0 Å². The summed E-state index contributed by atoms with van der Waals surface area (Å²) in [7, 11) is 0. The van der Waals surface area contributed by atoms with Gasteiger partial charge in [-0.3, -0.25) is 9.59 Å². The highest BCUT2D eigenvalue weighted by molar-refractivity contribution is 6.03. The van der Waals surface area contributed by atoms with Gasteiger partial charge in [0.2, 0.25) is 0 Å². The fourth-order valence-electron chi connectivity index (χ4n) is 4.49. The minimum Gasteiger partial charge on any atom is -0.508 e. The second-order valence-electron chi connectivity index (χ2n) is 7.19. The number of carbonyl (C=O) groups is 2. The van der Waals surface area contributed by atoms with Gasteiger partial charge in [0.25, 0.3) is 11.8 Å². The van der Waals surface area contributed by atoms with Gasteiger partial charge in [0.05, 0.1) is 0 Å². The molecule has 144 valence electrons. The monoisotopic (exact) mass is 388 g/mol. The Bertz CT molecular complexity index is 1130. The van der Waals surface area contributed by atoms with Crippen LogP contribution in [-0.4, -0.2) is 39.8 Å². The molecule has 3 aromatic carbocycles. The first-order valence-corrected chi connectivity index (χ1v) is 9.32. The lowest BCUT2D eigenvalue weighted by Gasteiger charge is -2.40. The lowest BCUT2D eigenvalue weighted by molar-refractivity contribution is 0.0375. The van der Waals surface area contributed by atoms with Crippen LogP contribution in [0.3, 0.4) is 0 Å². The van der Waals surface area contributed by atoms with Crippen LogP contribution in [0.5, 0.6) is 5.75 Å². The van der Waals surface area contributed by atoms with E-state index in [1.165, 1.54) is 24.3 Å². The van der Waals surface area contributed by atoms with Crippen molar-refractivity contribution < 1.29 is 19.1 Å². The number of benzene rings is 3. The van der Waals surface area contributed by atoms with E-state index in [-0.39, 0.29) is 17.6 Å². The second-order valence-corrected chi connectivity index (χ2v) is 7.19. The molecule has 2 amide bonds. The third-order valence-electron chi connectivity index (χ3n) is 5.71. The van der Waals surface area contributed by atoms with E-state index in [4.69, 9.17) is 0 Å². The summed E-state index contributed by atoms with van der Waals surface area (Å²) in [6, 6.07) is 19.2. The van der Waals surface area contributed by atoms with E-state index in [9.17, 15) is 19.1 Å². The lowest BCUT2D eigenvalue weighted by atomic mass is 9.89. The molecule has 2 aliphatic rings. The van der Waals surface area contributed by atoms with E-state index >= 15 is 0 Å². The number of hydrogen-bond donors (Lipinski definition) is 1. The zero-order valence-corrected chi connectivity index (χ0v) is 15.4. The third kappa shape index (κ3) is 2.32. The Labute approximate surface area is 166 Å². The number of phenols is 1. The van der Waals surface area contributed by atoms with E-state index in [0.717, 1.165) is 5.56 Å². The summed E-state index contributed by atoms with van der Waals surface area (Å²) in [6.45, 7) is 0.721. The Kier molecular flexibility index (Phi) is 3.71. The number of halogens is 1. The molecule has 29 heavy (non-hydrogen) atoms. The molecule has 1 atom stereocenters. The molecule has 1 saturated heterocycles. The Hall–Kier alpha value is -3.67. The Morgan fingerprint density at radius 2 is 1.62 bits per heavy atom. The molecular weight excluding hydrogens is 371 g/mol. The van der Waals surface area contributed by atoms with Gasteiger partial charge in [0.1, 0.15) is 11.6 Å². The van der Waals surface area contributed by atoms with Crippen LogP contribution >= 0.6 is 0 Å². The molecule has 5 nitrogen and oxygen atoms in total. The van der Waals surface area contributed by atoms with Crippen molar-refractivity contribution in [2.24, 2.45) is 0 Å². The number of phenolic OH excluding ortho intramolecular Hbond substituents is 1. The largest absolute Gasteiger partial charge is 0.508 e. The predicted octanol–water partition coefficient (Wildman–Crippen LogP) is 3.34. The fraction of sp³-hybridized carbons (Fsp3) is 0.130. The standard InChI is InChI=1S/C23H17FN2O3/c24-17-9-5-15(6-10-17)21(28)25-13-14-26-22(29)19-3-1-2-4-20(19)23(25,26)16-7-11-18(27)12-8-16/h1-12,27H,13-14H2. The number of rotatable bonds is 2. The molecule has 3 aromatic rings. The fourth-order valence-corrected chi connectivity index (χ4v) is 4.49. The molecule has 0 saturated carbocycles. The summed E-state index contributed by atoms with van der Waals surface area (Å²) in [5.74, 6) is -0.740. The lowest BCUT2D eigenvalue weighted by Crippen LogP contribution is -2.51. The molecule has 0 aromatic heterocycles. The second kappa shape index (κ2) is 6.17. The van der Waals surface area contributed by atoms with Gasteiger partial charge in [0.15, 0.2) is 5.66 Å². The molecule has 0 spiro atoms. The minimum atomic E-state index is -1.10. The maximum absolute atomic E-state index is 13.5. The highest BCUT2D eigenvalue weighted by Crippen LogP contribution is 2.50. The van der Waals surface area contributed by atoms with Crippen LogP contribution in [0, 0.1) is 5.82 Å². The minimum absolute atomic E-state index is 0.101. The SMILES string of the molecule is O=C(c1ccc(F)cc1)N1CCN2C(=O)c3ccccc3C12c1ccc(O)cc1. The number of fused-ring (bicyclic) bond motifs is 3. The summed E-state index contributed by atoms with van der Waals surface area (Å²) in [6.07, 6.45) is 0. The smallest absolute Gasteiger partial charge is 0.256 e. The third-order valence-corrected chi connectivity index (χ3v) is 5.71. The number of amides is 2. The number of aromatic hydroxyl groups is 1. The summed E-state index contributed by atoms with van der Waals surface area (Å²) in [5, 5.41) is 9.77. The molecular formula is C23H17FN2O3. The molecule has 0 radical (unpaired) electrons. The van der Waals surface area contributed by atoms with Crippen molar-refractivity contribution >= 4 is 11.8 Å². The first-order valence-electron chi connectivity index (χ1n) is 9.32. The Morgan fingerprint density at radius 1 is 0.931 bits per heavy atom. The van der Waals surface area contributed by atoms with E-state index in [1.54, 1.807) is 46.2 Å². The van der Waals surface area contributed by atoms with Gasteiger partial charge >= 0.3 is 0 Å². The van der Waals surface area contributed by atoms with Gasteiger partial charge in [-0.2, -0.15) is 0 Å². The first-order chi connectivity index (χ1) is 14.0. The predicted molar refractivity (Wildman–Crippen MR) is 104 cm³/mol. The topological polar surface area (TPSA) is 60.9 Å². The summed E-state index contributed by atoms with van der Waals surface area (Å²) in [5.41, 5.74) is 1.23. The van der Waals surface area contributed by atoms with Crippen molar-refractivity contribution in [3.05, 3.63) is 101 Å². The number of carbonyl (C=O) groups excluding carboxylic acids is 2. The average Bonchev–Trinajstić information content (AvgIpc) is 3.25. The van der Waals surface area contributed by atoms with Crippen LogP contribution in [0.1, 0.15) is 31.8 Å². The van der Waals surface area contributed by atoms with E-state index in [1.807, 2.05) is 12.1 Å². The highest BCUT2D eigenvalue weighted by atomic mass is 19.1. The molecule has 2 heterocycles. The quantitative estimate of drug-likeness (QED) is 0.733. The Morgan fingerprint density at radius 3 is 2.34 bits per heavy atom. The normalized spacial score (nSPS) is 20.0. The van der Waals surface area contributed by atoms with Gasteiger partial charge in [-0.15, -0.1) is 0 Å². The maximum atomic E-state index is 13.5. The van der Waals surface area contributed by atoms with Crippen molar-refractivity contribution in [3.63, 3.8) is 0 Å². The first kappa shape index (κ1) is 17.4. The maximum Gasteiger partial charge on any atom is 0.256 e. The Balaban J connectivity index is 1.74. The van der Waals surface area contributed by atoms with Crippen LogP contribution in [0.2, 0.25) is 0 Å². The van der Waals surface area contributed by atoms with Crippen LogP contribution in [0.4, 0.5) is 4.39 Å². The van der Waals surface area contributed by atoms with Crippen LogP contribution in [0.15, 0.2) is 72.8 Å². The zero-order chi connectivity index (χ0) is 20.2. The molecule has 2 aliphatic heterocycles. The summed E-state index contributed by atoms with van der Waals surface area (Å²) in [4.78, 5) is 30.0. The molecule has 0 aliphatic carbocycles. The molecule has 0 bridgehead atoms. The number of nitrogens with zero attached hydrogens (tertiary/aromatic N) is 2. The van der Waals surface area contributed by atoms with Gasteiger partial charge < -0.3 is 14.9 Å². The van der Waals surface area contributed by atoms with E-state index in [0.29, 0.717) is 29.8 Å². The van der Waals surface area contributed by atoms with E-state index < -0.39 is 11.5 Å².